The lowest BCUT2D eigenvalue weighted by molar-refractivity contribution is -0.164. The summed E-state index contributed by atoms with van der Waals surface area (Å²) in [7, 11) is 0. The maximum Gasteiger partial charge on any atom is 0.222 e. The van der Waals surface area contributed by atoms with Gasteiger partial charge >= 0.3 is 0 Å². The van der Waals surface area contributed by atoms with Crippen LogP contribution in [-0.2, 0) is 14.3 Å². The van der Waals surface area contributed by atoms with Gasteiger partial charge in [0.25, 0.3) is 0 Å². The summed E-state index contributed by atoms with van der Waals surface area (Å²) in [5.41, 5.74) is 0.872. The largest absolute Gasteiger partial charge is 0.346 e. The molecule has 0 heterocycles. The minimum absolute atomic E-state index is 0.00574. The predicted octanol–water partition coefficient (Wildman–Crippen LogP) is 2.06. The molecule has 0 saturated heterocycles. The number of hydrogen-bond acceptors (Lipinski definition) is 3. The van der Waals surface area contributed by atoms with Crippen LogP contribution in [0, 0.1) is 0 Å². The van der Waals surface area contributed by atoms with Crippen LogP contribution in [0.2, 0.25) is 0 Å². The van der Waals surface area contributed by atoms with E-state index in [0.717, 1.165) is 24.8 Å². The van der Waals surface area contributed by atoms with E-state index < -0.39 is 6.29 Å². The first kappa shape index (κ1) is 11.4. The van der Waals surface area contributed by atoms with Gasteiger partial charge in [-0.1, -0.05) is 6.08 Å². The van der Waals surface area contributed by atoms with E-state index in [1.165, 1.54) is 0 Å². The molecule has 1 aliphatic rings. The number of hydrogen-bond donors (Lipinski definition) is 0. The number of allylic oxidation sites excluding steroid dienone is 1. The normalized spacial score (nSPS) is 16.1. The van der Waals surface area contributed by atoms with Gasteiger partial charge in [-0.25, -0.2) is 0 Å². The first-order valence-corrected chi connectivity index (χ1v) is 5.26. The standard InChI is InChI=1S/C11H18O3/c1-3-13-11(14-4-2)10(12)9-7-5-6-8-9/h7,11H,3-6,8H2,1-2H3. The Bertz CT molecular complexity index is 215. The SMILES string of the molecule is CCOC(OCC)C(=O)C1=CCCC1. The molecule has 0 unspecified atom stereocenters. The first-order chi connectivity index (χ1) is 6.79. The summed E-state index contributed by atoms with van der Waals surface area (Å²) in [6.07, 6.45) is 4.26. The van der Waals surface area contributed by atoms with Gasteiger partial charge < -0.3 is 9.47 Å². The molecule has 0 spiro atoms. The van der Waals surface area contributed by atoms with Gasteiger partial charge in [-0.3, -0.25) is 4.79 Å². The molecule has 0 fully saturated rings. The summed E-state index contributed by atoms with van der Waals surface area (Å²) in [5.74, 6) is 0.00574. The average Bonchev–Trinajstić information content (AvgIpc) is 2.69. The number of Topliss-reactive ketones (excluding diaryl/α,β-unsaturated/α-hetero) is 1. The zero-order chi connectivity index (χ0) is 10.4. The third kappa shape index (κ3) is 2.93. The van der Waals surface area contributed by atoms with Gasteiger partial charge in [0.1, 0.15) is 0 Å². The van der Waals surface area contributed by atoms with Crippen molar-refractivity contribution in [3.05, 3.63) is 11.6 Å². The molecule has 14 heavy (non-hydrogen) atoms. The maximum absolute atomic E-state index is 11.8. The van der Waals surface area contributed by atoms with E-state index in [1.54, 1.807) is 0 Å². The topological polar surface area (TPSA) is 35.5 Å². The summed E-state index contributed by atoms with van der Waals surface area (Å²) in [4.78, 5) is 11.8. The van der Waals surface area contributed by atoms with Crippen molar-refractivity contribution < 1.29 is 14.3 Å². The van der Waals surface area contributed by atoms with Gasteiger partial charge in [-0.15, -0.1) is 0 Å². The molecule has 0 saturated carbocycles. The molecule has 3 nitrogen and oxygen atoms in total. The second kappa shape index (κ2) is 5.94. The Hall–Kier alpha value is -0.670. The van der Waals surface area contributed by atoms with Gasteiger partial charge in [-0.2, -0.15) is 0 Å². The van der Waals surface area contributed by atoms with Crippen molar-refractivity contribution in [3.63, 3.8) is 0 Å². The molecule has 0 aliphatic heterocycles. The molecule has 0 N–H and O–H groups in total. The van der Waals surface area contributed by atoms with E-state index in [2.05, 4.69) is 0 Å². The summed E-state index contributed by atoms with van der Waals surface area (Å²) in [5, 5.41) is 0. The van der Waals surface area contributed by atoms with Crippen molar-refractivity contribution in [3.8, 4) is 0 Å². The van der Waals surface area contributed by atoms with Crippen LogP contribution in [0.15, 0.2) is 11.6 Å². The summed E-state index contributed by atoms with van der Waals surface area (Å²) < 4.78 is 10.5. The molecular weight excluding hydrogens is 180 g/mol. The van der Waals surface area contributed by atoms with Crippen LogP contribution in [0.3, 0.4) is 0 Å². The third-order valence-corrected chi connectivity index (χ3v) is 2.21. The number of ketones is 1. The van der Waals surface area contributed by atoms with Gasteiger partial charge in [0.2, 0.25) is 12.1 Å². The molecule has 0 bridgehead atoms. The highest BCUT2D eigenvalue weighted by Gasteiger charge is 2.23. The van der Waals surface area contributed by atoms with E-state index in [4.69, 9.17) is 9.47 Å². The minimum Gasteiger partial charge on any atom is -0.346 e. The molecule has 0 aromatic carbocycles. The quantitative estimate of drug-likeness (QED) is 0.613. The Morgan fingerprint density at radius 3 is 2.50 bits per heavy atom. The fraction of sp³-hybridized carbons (Fsp3) is 0.727. The molecule has 3 heteroatoms. The molecule has 0 aromatic rings. The van der Waals surface area contributed by atoms with Gasteiger partial charge in [-0.05, 0) is 38.7 Å². The zero-order valence-corrected chi connectivity index (χ0v) is 8.91. The maximum atomic E-state index is 11.8. The van der Waals surface area contributed by atoms with Crippen LogP contribution in [-0.4, -0.2) is 25.3 Å². The van der Waals surface area contributed by atoms with Gasteiger partial charge in [0.05, 0.1) is 0 Å². The Labute approximate surface area is 85.1 Å². The van der Waals surface area contributed by atoms with Crippen molar-refractivity contribution >= 4 is 5.78 Å². The van der Waals surface area contributed by atoms with E-state index in [9.17, 15) is 4.79 Å². The fourth-order valence-electron chi connectivity index (χ4n) is 1.55. The molecule has 1 aliphatic carbocycles. The molecule has 1 rings (SSSR count). The van der Waals surface area contributed by atoms with Crippen LogP contribution in [0.4, 0.5) is 0 Å². The van der Waals surface area contributed by atoms with Gasteiger partial charge in [0.15, 0.2) is 0 Å². The highest BCUT2D eigenvalue weighted by molar-refractivity contribution is 5.98. The first-order valence-electron chi connectivity index (χ1n) is 5.26. The second-order valence-corrected chi connectivity index (χ2v) is 3.23. The number of ether oxygens (including phenoxy) is 2. The predicted molar refractivity (Wildman–Crippen MR) is 54.0 cm³/mol. The van der Waals surface area contributed by atoms with Crippen molar-refractivity contribution in [1.29, 1.82) is 0 Å². The second-order valence-electron chi connectivity index (χ2n) is 3.23. The number of rotatable bonds is 6. The van der Waals surface area contributed by atoms with Crippen LogP contribution in [0.25, 0.3) is 0 Å². The van der Waals surface area contributed by atoms with E-state index in [0.29, 0.717) is 13.2 Å². The number of carbonyl (C=O) groups excluding carboxylic acids is 1. The molecule has 0 aromatic heterocycles. The smallest absolute Gasteiger partial charge is 0.222 e. The Morgan fingerprint density at radius 1 is 1.43 bits per heavy atom. The van der Waals surface area contributed by atoms with Crippen molar-refractivity contribution in [2.45, 2.75) is 39.4 Å². The Balaban J connectivity index is 2.53. The van der Waals surface area contributed by atoms with Crippen molar-refractivity contribution in [1.82, 2.24) is 0 Å². The van der Waals surface area contributed by atoms with Crippen molar-refractivity contribution in [2.75, 3.05) is 13.2 Å². The van der Waals surface area contributed by atoms with Crippen LogP contribution in [0.5, 0.6) is 0 Å². The van der Waals surface area contributed by atoms with Crippen LogP contribution < -0.4 is 0 Å². The number of carbonyl (C=O) groups is 1. The lowest BCUT2D eigenvalue weighted by Gasteiger charge is -2.15. The lowest BCUT2D eigenvalue weighted by atomic mass is 10.1. The highest BCUT2D eigenvalue weighted by Crippen LogP contribution is 2.20. The van der Waals surface area contributed by atoms with E-state index in [-0.39, 0.29) is 5.78 Å². The third-order valence-electron chi connectivity index (χ3n) is 2.21. The molecule has 80 valence electrons. The zero-order valence-electron chi connectivity index (χ0n) is 8.91. The van der Waals surface area contributed by atoms with E-state index >= 15 is 0 Å². The fourth-order valence-corrected chi connectivity index (χ4v) is 1.55. The van der Waals surface area contributed by atoms with Crippen molar-refractivity contribution in [2.24, 2.45) is 0 Å². The Morgan fingerprint density at radius 2 is 2.07 bits per heavy atom. The monoisotopic (exact) mass is 198 g/mol. The molecule has 0 atom stereocenters. The van der Waals surface area contributed by atoms with E-state index in [1.807, 2.05) is 19.9 Å². The molecule has 0 amide bonds. The molecular formula is C11H18O3. The Kier molecular flexibility index (Phi) is 4.84. The van der Waals surface area contributed by atoms with Gasteiger partial charge in [0, 0.05) is 13.2 Å². The summed E-state index contributed by atoms with van der Waals surface area (Å²) in [6, 6.07) is 0. The lowest BCUT2D eigenvalue weighted by Crippen LogP contribution is -2.28. The highest BCUT2D eigenvalue weighted by atomic mass is 16.7. The molecule has 0 radical (unpaired) electrons. The summed E-state index contributed by atoms with van der Waals surface area (Å²) in [6.45, 7) is 4.73. The van der Waals surface area contributed by atoms with Crippen LogP contribution >= 0.6 is 0 Å². The minimum atomic E-state index is -0.686. The summed E-state index contributed by atoms with van der Waals surface area (Å²) >= 11 is 0. The average molecular weight is 198 g/mol. The van der Waals surface area contributed by atoms with Crippen LogP contribution in [0.1, 0.15) is 33.1 Å².